The Morgan fingerprint density at radius 2 is 1.59 bits per heavy atom. The summed E-state index contributed by atoms with van der Waals surface area (Å²) in [7, 11) is 0. The summed E-state index contributed by atoms with van der Waals surface area (Å²) >= 11 is 0. The van der Waals surface area contributed by atoms with Crippen molar-refractivity contribution in [1.29, 1.82) is 0 Å². The molecule has 0 radical (unpaired) electrons. The highest BCUT2D eigenvalue weighted by atomic mass is 16.4. The normalized spacial score (nSPS) is 11.2. The van der Waals surface area contributed by atoms with Crippen LogP contribution in [0.4, 0.5) is 0 Å². The second-order valence-corrected chi connectivity index (χ2v) is 5.77. The minimum atomic E-state index is -0.993. The van der Waals surface area contributed by atoms with Gasteiger partial charge in [0.25, 0.3) is 0 Å². The SMILES string of the molecule is CC(C)c1ccc2ccc3cc(C(=O)O)ccc3c(=O)c2c1. The van der Waals surface area contributed by atoms with E-state index < -0.39 is 5.97 Å². The maximum Gasteiger partial charge on any atom is 0.335 e. The van der Waals surface area contributed by atoms with Crippen LogP contribution < -0.4 is 5.43 Å². The van der Waals surface area contributed by atoms with Gasteiger partial charge in [0.1, 0.15) is 0 Å². The average Bonchev–Trinajstić information content (AvgIpc) is 2.64. The third-order valence-electron chi connectivity index (χ3n) is 3.97. The predicted molar refractivity (Wildman–Crippen MR) is 88.8 cm³/mol. The molecular formula is C19H16O3. The number of hydrogen-bond acceptors (Lipinski definition) is 2. The molecule has 1 N–H and O–H groups in total. The molecule has 3 aromatic rings. The molecule has 110 valence electrons. The fraction of sp³-hybridized carbons (Fsp3) is 0.158. The number of carboxylic acids is 1. The summed E-state index contributed by atoms with van der Waals surface area (Å²) in [4.78, 5) is 23.9. The van der Waals surface area contributed by atoms with Gasteiger partial charge in [0.15, 0.2) is 5.43 Å². The van der Waals surface area contributed by atoms with Crippen molar-refractivity contribution in [3.63, 3.8) is 0 Å². The number of carboxylic acid groups (broad SMARTS) is 1. The summed E-state index contributed by atoms with van der Waals surface area (Å²) in [5, 5.41) is 11.8. The number of rotatable bonds is 2. The Labute approximate surface area is 127 Å². The zero-order chi connectivity index (χ0) is 15.9. The van der Waals surface area contributed by atoms with E-state index in [9.17, 15) is 9.59 Å². The molecule has 0 aliphatic heterocycles. The predicted octanol–water partition coefficient (Wildman–Crippen LogP) is 4.17. The standard InChI is InChI=1S/C19H16O3/c1-11(2)13-5-3-12-4-6-14-9-15(19(21)22)7-8-16(14)18(20)17(12)10-13/h3-11H,1-2H3,(H,21,22). The van der Waals surface area contributed by atoms with Gasteiger partial charge in [-0.3, -0.25) is 4.79 Å². The van der Waals surface area contributed by atoms with E-state index in [4.69, 9.17) is 5.11 Å². The van der Waals surface area contributed by atoms with E-state index in [1.165, 1.54) is 6.07 Å². The number of aromatic carboxylic acids is 1. The zero-order valence-electron chi connectivity index (χ0n) is 12.5. The Kier molecular flexibility index (Phi) is 3.41. The molecule has 0 aliphatic carbocycles. The smallest absolute Gasteiger partial charge is 0.335 e. The van der Waals surface area contributed by atoms with E-state index >= 15 is 0 Å². The topological polar surface area (TPSA) is 54.4 Å². The van der Waals surface area contributed by atoms with Crippen molar-refractivity contribution in [2.75, 3.05) is 0 Å². The maximum absolute atomic E-state index is 12.8. The number of carbonyl (C=O) groups is 1. The van der Waals surface area contributed by atoms with E-state index in [0.717, 1.165) is 10.9 Å². The molecule has 3 heteroatoms. The van der Waals surface area contributed by atoms with Crippen LogP contribution in [0.15, 0.2) is 53.3 Å². The molecule has 22 heavy (non-hydrogen) atoms. The third kappa shape index (κ3) is 2.35. The molecule has 0 unspecified atom stereocenters. The molecule has 0 amide bonds. The van der Waals surface area contributed by atoms with Crippen molar-refractivity contribution < 1.29 is 9.90 Å². The van der Waals surface area contributed by atoms with Crippen molar-refractivity contribution in [1.82, 2.24) is 0 Å². The van der Waals surface area contributed by atoms with Gasteiger partial charge in [-0.15, -0.1) is 0 Å². The van der Waals surface area contributed by atoms with Crippen LogP contribution in [0.2, 0.25) is 0 Å². The fourth-order valence-corrected chi connectivity index (χ4v) is 2.64. The summed E-state index contributed by atoms with van der Waals surface area (Å²) < 4.78 is 0. The maximum atomic E-state index is 12.8. The van der Waals surface area contributed by atoms with Crippen LogP contribution >= 0.6 is 0 Å². The molecule has 0 bridgehead atoms. The lowest BCUT2D eigenvalue weighted by molar-refractivity contribution is 0.0697. The Bertz CT molecular complexity index is 956. The molecule has 0 fully saturated rings. The molecule has 0 saturated carbocycles. The first-order valence-corrected chi connectivity index (χ1v) is 7.21. The summed E-state index contributed by atoms with van der Waals surface area (Å²) in [5.41, 5.74) is 1.24. The molecule has 3 nitrogen and oxygen atoms in total. The van der Waals surface area contributed by atoms with Gasteiger partial charge in [-0.05, 0) is 46.5 Å². The molecular weight excluding hydrogens is 276 g/mol. The van der Waals surface area contributed by atoms with Crippen molar-refractivity contribution in [3.05, 3.63) is 69.9 Å². The first-order chi connectivity index (χ1) is 10.5. The summed E-state index contributed by atoms with van der Waals surface area (Å²) in [6.07, 6.45) is 0. The highest BCUT2D eigenvalue weighted by Gasteiger charge is 2.08. The molecule has 0 aliphatic rings. The molecule has 0 spiro atoms. The first-order valence-electron chi connectivity index (χ1n) is 7.21. The summed E-state index contributed by atoms with van der Waals surface area (Å²) in [6, 6.07) is 14.2. The lowest BCUT2D eigenvalue weighted by Gasteiger charge is -2.05. The van der Waals surface area contributed by atoms with E-state index in [1.807, 2.05) is 24.3 Å². The Hall–Kier alpha value is -2.68. The van der Waals surface area contributed by atoms with E-state index in [-0.39, 0.29) is 11.0 Å². The number of fused-ring (bicyclic) bond motifs is 2. The van der Waals surface area contributed by atoms with Crippen LogP contribution in [-0.4, -0.2) is 11.1 Å². The Morgan fingerprint density at radius 1 is 0.909 bits per heavy atom. The minimum Gasteiger partial charge on any atom is -0.478 e. The van der Waals surface area contributed by atoms with Gasteiger partial charge < -0.3 is 5.11 Å². The quantitative estimate of drug-likeness (QED) is 0.771. The Balaban J connectivity index is 2.42. The monoisotopic (exact) mass is 292 g/mol. The van der Waals surface area contributed by atoms with Gasteiger partial charge in [-0.2, -0.15) is 0 Å². The largest absolute Gasteiger partial charge is 0.478 e. The van der Waals surface area contributed by atoms with Crippen LogP contribution in [0, 0.1) is 0 Å². The molecule has 0 saturated heterocycles. The zero-order valence-corrected chi connectivity index (χ0v) is 12.5. The molecule has 0 heterocycles. The Morgan fingerprint density at radius 3 is 2.27 bits per heavy atom. The van der Waals surface area contributed by atoms with Gasteiger partial charge in [0.2, 0.25) is 0 Å². The van der Waals surface area contributed by atoms with Gasteiger partial charge in [0, 0.05) is 10.8 Å². The minimum absolute atomic E-state index is 0.0607. The van der Waals surface area contributed by atoms with Crippen LogP contribution in [0.5, 0.6) is 0 Å². The van der Waals surface area contributed by atoms with E-state index in [0.29, 0.717) is 22.1 Å². The van der Waals surface area contributed by atoms with E-state index in [2.05, 4.69) is 13.8 Å². The first kappa shape index (κ1) is 14.3. The summed E-state index contributed by atoms with van der Waals surface area (Å²) in [6.45, 7) is 4.18. The van der Waals surface area contributed by atoms with Crippen molar-refractivity contribution >= 4 is 27.5 Å². The second-order valence-electron chi connectivity index (χ2n) is 5.77. The van der Waals surface area contributed by atoms with E-state index in [1.54, 1.807) is 18.2 Å². The average molecular weight is 292 g/mol. The third-order valence-corrected chi connectivity index (χ3v) is 3.97. The molecule has 0 aromatic heterocycles. The molecule has 3 aromatic carbocycles. The molecule has 0 atom stereocenters. The van der Waals surface area contributed by atoms with Crippen LogP contribution in [0.3, 0.4) is 0 Å². The molecule has 3 rings (SSSR count). The highest BCUT2D eigenvalue weighted by molar-refractivity contribution is 5.97. The second kappa shape index (κ2) is 5.26. The summed E-state index contributed by atoms with van der Waals surface area (Å²) in [5.74, 6) is -0.647. The van der Waals surface area contributed by atoms with Crippen molar-refractivity contribution in [3.8, 4) is 0 Å². The lowest BCUT2D eigenvalue weighted by atomic mass is 10.00. The van der Waals surface area contributed by atoms with Gasteiger partial charge in [-0.1, -0.05) is 38.1 Å². The van der Waals surface area contributed by atoms with Crippen LogP contribution in [0.1, 0.15) is 35.7 Å². The van der Waals surface area contributed by atoms with Crippen molar-refractivity contribution in [2.45, 2.75) is 19.8 Å². The highest BCUT2D eigenvalue weighted by Crippen LogP contribution is 2.21. The lowest BCUT2D eigenvalue weighted by Crippen LogP contribution is -2.01. The number of benzene rings is 2. The fourth-order valence-electron chi connectivity index (χ4n) is 2.64. The van der Waals surface area contributed by atoms with Gasteiger partial charge in [0.05, 0.1) is 5.56 Å². The number of hydrogen-bond donors (Lipinski definition) is 1. The van der Waals surface area contributed by atoms with Gasteiger partial charge >= 0.3 is 5.97 Å². The van der Waals surface area contributed by atoms with Gasteiger partial charge in [-0.25, -0.2) is 4.79 Å². The van der Waals surface area contributed by atoms with Crippen LogP contribution in [0.25, 0.3) is 21.5 Å². The van der Waals surface area contributed by atoms with Crippen molar-refractivity contribution in [2.24, 2.45) is 0 Å². The van der Waals surface area contributed by atoms with Crippen LogP contribution in [-0.2, 0) is 0 Å².